The molecule has 2 rings (SSSR count). The third kappa shape index (κ3) is 3.81. The molecule has 2 aromatic carbocycles. The fourth-order valence-electron chi connectivity index (χ4n) is 1.72. The maximum absolute atomic E-state index is 13.4. The number of amides is 2. The largest absolute Gasteiger partial charge is 0.334 e. The molecule has 0 aliphatic carbocycles. The molecule has 2 N–H and O–H groups in total. The minimum Gasteiger partial charge on any atom is -0.334 e. The second-order valence-electron chi connectivity index (χ2n) is 4.36. The van der Waals surface area contributed by atoms with Crippen LogP contribution in [-0.4, -0.2) is 6.03 Å². The molecule has 0 spiro atoms. The number of carbonyl (C=O) groups excluding carboxylic acids is 1. The molecule has 0 saturated heterocycles. The molecule has 0 atom stereocenters. The lowest BCUT2D eigenvalue weighted by molar-refractivity contribution is 0.251. The van der Waals surface area contributed by atoms with Gasteiger partial charge in [-0.05, 0) is 36.8 Å². The summed E-state index contributed by atoms with van der Waals surface area (Å²) in [7, 11) is 0. The Morgan fingerprint density at radius 1 is 1.25 bits per heavy atom. The Balaban J connectivity index is 1.93. The zero-order valence-electron chi connectivity index (χ0n) is 10.9. The van der Waals surface area contributed by atoms with Gasteiger partial charge >= 0.3 is 6.03 Å². The third-order valence-corrected chi connectivity index (χ3v) is 3.70. The van der Waals surface area contributed by atoms with Crippen LogP contribution in [0, 0.1) is 12.7 Å². The van der Waals surface area contributed by atoms with Gasteiger partial charge in [-0.1, -0.05) is 34.1 Å². The van der Waals surface area contributed by atoms with E-state index < -0.39 is 0 Å². The summed E-state index contributed by atoms with van der Waals surface area (Å²) in [5.41, 5.74) is 2.17. The number of hydrogen-bond acceptors (Lipinski definition) is 1. The average Bonchev–Trinajstić information content (AvgIpc) is 2.42. The molecule has 5 heteroatoms. The smallest absolute Gasteiger partial charge is 0.319 e. The van der Waals surface area contributed by atoms with Crippen molar-refractivity contribution in [3.8, 4) is 0 Å². The Kier molecular flexibility index (Phi) is 4.74. The average molecular weight is 337 g/mol. The summed E-state index contributed by atoms with van der Waals surface area (Å²) >= 11 is 3.39. The van der Waals surface area contributed by atoms with Crippen molar-refractivity contribution in [3.05, 3.63) is 63.9 Å². The maximum Gasteiger partial charge on any atom is 0.319 e. The summed E-state index contributed by atoms with van der Waals surface area (Å²) in [6.07, 6.45) is 0. The van der Waals surface area contributed by atoms with E-state index in [9.17, 15) is 9.18 Å². The van der Waals surface area contributed by atoms with E-state index in [0.717, 1.165) is 10.0 Å². The number of aryl methyl sites for hydroxylation is 1. The fourth-order valence-corrected chi connectivity index (χ4v) is 1.96. The molecule has 20 heavy (non-hydrogen) atoms. The van der Waals surface area contributed by atoms with Gasteiger partial charge in [0.2, 0.25) is 0 Å². The molecule has 0 aliphatic heterocycles. The van der Waals surface area contributed by atoms with Crippen molar-refractivity contribution in [3.63, 3.8) is 0 Å². The molecule has 0 bridgehead atoms. The minimum atomic E-state index is -0.366. The van der Waals surface area contributed by atoms with Crippen molar-refractivity contribution in [2.75, 3.05) is 5.32 Å². The van der Waals surface area contributed by atoms with Crippen LogP contribution in [-0.2, 0) is 6.54 Å². The molecular formula is C15H14BrFN2O. The Morgan fingerprint density at radius 3 is 2.70 bits per heavy atom. The van der Waals surface area contributed by atoms with Crippen molar-refractivity contribution < 1.29 is 9.18 Å². The number of hydrogen-bond donors (Lipinski definition) is 2. The van der Waals surface area contributed by atoms with Crippen LogP contribution in [0.4, 0.5) is 14.9 Å². The standard InChI is InChI=1S/C15H14BrFN2O/c1-10-8-12(6-7-13(10)16)19-15(20)18-9-11-4-2-3-5-14(11)17/h2-8H,9H2,1H3,(H2,18,19,20). The Morgan fingerprint density at radius 2 is 2.00 bits per heavy atom. The number of carbonyl (C=O) groups is 1. The summed E-state index contributed by atoms with van der Waals surface area (Å²) in [4.78, 5) is 11.7. The first kappa shape index (κ1) is 14.5. The van der Waals surface area contributed by atoms with Gasteiger partial charge in [0.05, 0.1) is 0 Å². The van der Waals surface area contributed by atoms with Gasteiger partial charge in [0.15, 0.2) is 0 Å². The lowest BCUT2D eigenvalue weighted by atomic mass is 10.2. The van der Waals surface area contributed by atoms with Crippen LogP contribution in [0.15, 0.2) is 46.9 Å². The molecule has 0 fully saturated rings. The highest BCUT2D eigenvalue weighted by Crippen LogP contribution is 2.19. The first-order valence-electron chi connectivity index (χ1n) is 6.10. The molecule has 0 radical (unpaired) electrons. The summed E-state index contributed by atoms with van der Waals surface area (Å²) < 4.78 is 14.4. The van der Waals surface area contributed by atoms with Crippen LogP contribution >= 0.6 is 15.9 Å². The fraction of sp³-hybridized carbons (Fsp3) is 0.133. The zero-order valence-corrected chi connectivity index (χ0v) is 12.5. The van der Waals surface area contributed by atoms with E-state index in [4.69, 9.17) is 0 Å². The topological polar surface area (TPSA) is 41.1 Å². The molecule has 0 aromatic heterocycles. The number of rotatable bonds is 3. The van der Waals surface area contributed by atoms with E-state index in [2.05, 4.69) is 26.6 Å². The van der Waals surface area contributed by atoms with Gasteiger partial charge in [0, 0.05) is 22.3 Å². The van der Waals surface area contributed by atoms with Crippen LogP contribution in [0.25, 0.3) is 0 Å². The quantitative estimate of drug-likeness (QED) is 0.865. The van der Waals surface area contributed by atoms with Gasteiger partial charge in [-0.2, -0.15) is 0 Å². The molecular weight excluding hydrogens is 323 g/mol. The highest BCUT2D eigenvalue weighted by Gasteiger charge is 2.05. The highest BCUT2D eigenvalue weighted by atomic mass is 79.9. The van der Waals surface area contributed by atoms with Gasteiger partial charge < -0.3 is 10.6 Å². The van der Waals surface area contributed by atoms with E-state index in [0.29, 0.717) is 11.3 Å². The molecule has 3 nitrogen and oxygen atoms in total. The third-order valence-electron chi connectivity index (χ3n) is 2.81. The molecule has 2 aromatic rings. The van der Waals surface area contributed by atoms with Crippen molar-refractivity contribution in [1.82, 2.24) is 5.32 Å². The van der Waals surface area contributed by atoms with Gasteiger partial charge in [-0.25, -0.2) is 9.18 Å². The Hall–Kier alpha value is -1.88. The lowest BCUT2D eigenvalue weighted by Gasteiger charge is -2.09. The van der Waals surface area contributed by atoms with Crippen molar-refractivity contribution in [2.24, 2.45) is 0 Å². The van der Waals surface area contributed by atoms with E-state index >= 15 is 0 Å². The SMILES string of the molecule is Cc1cc(NC(=O)NCc2ccccc2F)ccc1Br. The first-order valence-corrected chi connectivity index (χ1v) is 6.90. The van der Waals surface area contributed by atoms with Gasteiger partial charge in [0.1, 0.15) is 5.82 Å². The van der Waals surface area contributed by atoms with Gasteiger partial charge in [-0.15, -0.1) is 0 Å². The van der Waals surface area contributed by atoms with Crippen molar-refractivity contribution >= 4 is 27.6 Å². The molecule has 0 heterocycles. The van der Waals surface area contributed by atoms with Crippen LogP contribution in [0.3, 0.4) is 0 Å². The normalized spacial score (nSPS) is 10.2. The number of anilines is 1. The first-order chi connectivity index (χ1) is 9.56. The zero-order chi connectivity index (χ0) is 14.5. The van der Waals surface area contributed by atoms with Gasteiger partial charge in [0.25, 0.3) is 0 Å². The number of nitrogens with one attached hydrogen (secondary N) is 2. The van der Waals surface area contributed by atoms with E-state index in [1.165, 1.54) is 6.07 Å². The van der Waals surface area contributed by atoms with Gasteiger partial charge in [-0.3, -0.25) is 0 Å². The number of benzene rings is 2. The Labute approximate surface area is 125 Å². The molecule has 104 valence electrons. The number of halogens is 2. The molecule has 0 saturated carbocycles. The van der Waals surface area contributed by atoms with E-state index in [1.54, 1.807) is 24.3 Å². The summed E-state index contributed by atoms with van der Waals surface area (Å²) in [6, 6.07) is 11.5. The van der Waals surface area contributed by atoms with Crippen molar-refractivity contribution in [1.29, 1.82) is 0 Å². The Bertz CT molecular complexity index is 631. The maximum atomic E-state index is 13.4. The minimum absolute atomic E-state index is 0.147. The van der Waals surface area contributed by atoms with Crippen LogP contribution in [0.1, 0.15) is 11.1 Å². The summed E-state index contributed by atoms with van der Waals surface area (Å²) in [6.45, 7) is 2.08. The molecule has 0 unspecified atom stereocenters. The van der Waals surface area contributed by atoms with E-state index in [-0.39, 0.29) is 18.4 Å². The molecule has 0 aliphatic rings. The monoisotopic (exact) mass is 336 g/mol. The lowest BCUT2D eigenvalue weighted by Crippen LogP contribution is -2.28. The van der Waals surface area contributed by atoms with Crippen LogP contribution in [0.2, 0.25) is 0 Å². The van der Waals surface area contributed by atoms with Crippen LogP contribution in [0.5, 0.6) is 0 Å². The molecule has 2 amide bonds. The van der Waals surface area contributed by atoms with E-state index in [1.807, 2.05) is 19.1 Å². The second-order valence-corrected chi connectivity index (χ2v) is 5.22. The highest BCUT2D eigenvalue weighted by molar-refractivity contribution is 9.10. The summed E-state index contributed by atoms with van der Waals surface area (Å²) in [5.74, 6) is -0.327. The predicted molar refractivity (Wildman–Crippen MR) is 81.1 cm³/mol. The second kappa shape index (κ2) is 6.52. The number of urea groups is 1. The predicted octanol–water partition coefficient (Wildman–Crippen LogP) is 4.22. The van der Waals surface area contributed by atoms with Crippen LogP contribution < -0.4 is 10.6 Å². The van der Waals surface area contributed by atoms with Crippen molar-refractivity contribution in [2.45, 2.75) is 13.5 Å². The summed E-state index contributed by atoms with van der Waals surface area (Å²) in [5, 5.41) is 5.33.